The molecule has 1 saturated heterocycles. The summed E-state index contributed by atoms with van der Waals surface area (Å²) in [4.78, 5) is 10.1. The number of nitrogens with one attached hydrogen (secondary N) is 1. The molecule has 0 aromatic carbocycles. The quantitative estimate of drug-likeness (QED) is 0.929. The molecule has 3 heterocycles. The van der Waals surface area contributed by atoms with Gasteiger partial charge in [-0.15, -0.1) is 0 Å². The third kappa shape index (κ3) is 2.93. The van der Waals surface area contributed by atoms with Gasteiger partial charge < -0.3 is 4.98 Å². The Morgan fingerprint density at radius 2 is 2.25 bits per heavy atom. The van der Waals surface area contributed by atoms with Crippen LogP contribution in [0.2, 0.25) is 0 Å². The van der Waals surface area contributed by atoms with E-state index in [1.807, 2.05) is 20.0 Å². The summed E-state index contributed by atoms with van der Waals surface area (Å²) in [5.74, 6) is 1.89. The minimum absolute atomic E-state index is 0.568. The van der Waals surface area contributed by atoms with Crippen LogP contribution in [-0.4, -0.2) is 37.2 Å². The molecule has 1 aliphatic heterocycles. The molecule has 3 rings (SSSR count). The van der Waals surface area contributed by atoms with Gasteiger partial charge in [0.25, 0.3) is 0 Å². The Morgan fingerprint density at radius 1 is 1.35 bits per heavy atom. The maximum Gasteiger partial charge on any atom is 0.147 e. The molecule has 1 N–H and O–H groups in total. The Balaban J connectivity index is 1.70. The molecule has 1 atom stereocenters. The van der Waals surface area contributed by atoms with Gasteiger partial charge in [-0.25, -0.2) is 9.67 Å². The minimum atomic E-state index is 0.568. The Kier molecular flexibility index (Phi) is 3.87. The first kappa shape index (κ1) is 13.4. The van der Waals surface area contributed by atoms with Crippen LogP contribution in [0.1, 0.15) is 36.5 Å². The van der Waals surface area contributed by atoms with Gasteiger partial charge in [-0.05, 0) is 44.9 Å². The van der Waals surface area contributed by atoms with E-state index in [-0.39, 0.29) is 0 Å². The van der Waals surface area contributed by atoms with Crippen LogP contribution in [-0.2, 0) is 13.1 Å². The highest BCUT2D eigenvalue weighted by molar-refractivity contribution is 5.08. The largest absolute Gasteiger partial charge is 0.367 e. The summed E-state index contributed by atoms with van der Waals surface area (Å²) < 4.78 is 2.06. The average molecular weight is 273 g/mol. The number of aryl methyl sites for hydroxylation is 2. The number of likely N-dealkylation sites (tertiary alicyclic amines) is 1. The molecule has 108 valence electrons. The van der Waals surface area contributed by atoms with E-state index >= 15 is 0 Å². The SMILES string of the molecule is Cc1nc(C)n(CC2CCCCN2Cc2cc[nH]c2)n1. The highest BCUT2D eigenvalue weighted by Crippen LogP contribution is 2.21. The van der Waals surface area contributed by atoms with Crippen molar-refractivity contribution in [2.45, 2.75) is 52.2 Å². The van der Waals surface area contributed by atoms with Crippen LogP contribution in [0.4, 0.5) is 0 Å². The maximum absolute atomic E-state index is 4.51. The van der Waals surface area contributed by atoms with Crippen molar-refractivity contribution in [3.63, 3.8) is 0 Å². The van der Waals surface area contributed by atoms with E-state index in [1.165, 1.54) is 31.4 Å². The van der Waals surface area contributed by atoms with Crippen molar-refractivity contribution in [2.24, 2.45) is 0 Å². The summed E-state index contributed by atoms with van der Waals surface area (Å²) in [7, 11) is 0. The number of rotatable bonds is 4. The molecule has 0 spiro atoms. The average Bonchev–Trinajstić information content (AvgIpc) is 3.02. The van der Waals surface area contributed by atoms with E-state index in [1.54, 1.807) is 0 Å². The van der Waals surface area contributed by atoms with Gasteiger partial charge in [0.15, 0.2) is 0 Å². The molecule has 2 aromatic heterocycles. The van der Waals surface area contributed by atoms with Crippen molar-refractivity contribution in [1.82, 2.24) is 24.6 Å². The van der Waals surface area contributed by atoms with Crippen LogP contribution in [0.3, 0.4) is 0 Å². The Hall–Kier alpha value is -1.62. The van der Waals surface area contributed by atoms with Crippen LogP contribution < -0.4 is 0 Å². The van der Waals surface area contributed by atoms with Gasteiger partial charge in [0.2, 0.25) is 0 Å². The smallest absolute Gasteiger partial charge is 0.147 e. The molecule has 1 aliphatic rings. The molecule has 0 aliphatic carbocycles. The predicted molar refractivity (Wildman–Crippen MR) is 78.3 cm³/mol. The van der Waals surface area contributed by atoms with Crippen molar-refractivity contribution in [2.75, 3.05) is 6.54 Å². The molecule has 0 saturated carbocycles. The first-order valence-corrected chi connectivity index (χ1v) is 7.46. The molecule has 5 heteroatoms. The number of piperidine rings is 1. The molecular weight excluding hydrogens is 250 g/mol. The van der Waals surface area contributed by atoms with Crippen molar-refractivity contribution in [3.05, 3.63) is 35.7 Å². The van der Waals surface area contributed by atoms with Gasteiger partial charge in [-0.3, -0.25) is 4.90 Å². The van der Waals surface area contributed by atoms with Gasteiger partial charge in [0.1, 0.15) is 11.6 Å². The normalized spacial score (nSPS) is 20.4. The Morgan fingerprint density at radius 3 is 2.95 bits per heavy atom. The van der Waals surface area contributed by atoms with E-state index in [9.17, 15) is 0 Å². The summed E-state index contributed by atoms with van der Waals surface area (Å²) in [6, 6.07) is 2.73. The number of hydrogen-bond acceptors (Lipinski definition) is 3. The maximum atomic E-state index is 4.51. The van der Waals surface area contributed by atoms with Gasteiger partial charge in [-0.2, -0.15) is 5.10 Å². The molecule has 0 amide bonds. The standard InChI is InChI=1S/C15H23N5/c1-12-17-13(2)20(18-12)11-15-5-3-4-8-19(15)10-14-6-7-16-9-14/h6-7,9,15-16H,3-5,8,10-11H2,1-2H3. The van der Waals surface area contributed by atoms with Crippen LogP contribution in [0.15, 0.2) is 18.5 Å². The second-order valence-corrected chi connectivity index (χ2v) is 5.73. The second-order valence-electron chi connectivity index (χ2n) is 5.73. The third-order valence-electron chi connectivity index (χ3n) is 4.14. The fourth-order valence-electron chi connectivity index (χ4n) is 3.10. The lowest BCUT2D eigenvalue weighted by atomic mass is 10.0. The van der Waals surface area contributed by atoms with Crippen molar-refractivity contribution >= 4 is 0 Å². The number of hydrogen-bond donors (Lipinski definition) is 1. The minimum Gasteiger partial charge on any atom is -0.367 e. The van der Waals surface area contributed by atoms with Gasteiger partial charge in [0, 0.05) is 25.0 Å². The monoisotopic (exact) mass is 273 g/mol. The van der Waals surface area contributed by atoms with E-state index in [0.717, 1.165) is 24.7 Å². The molecule has 0 bridgehead atoms. The van der Waals surface area contributed by atoms with Gasteiger partial charge in [-0.1, -0.05) is 6.42 Å². The van der Waals surface area contributed by atoms with Crippen molar-refractivity contribution < 1.29 is 0 Å². The lowest BCUT2D eigenvalue weighted by Crippen LogP contribution is -2.41. The van der Waals surface area contributed by atoms with Crippen molar-refractivity contribution in [3.8, 4) is 0 Å². The zero-order valence-electron chi connectivity index (χ0n) is 12.3. The van der Waals surface area contributed by atoms with Gasteiger partial charge >= 0.3 is 0 Å². The first-order valence-electron chi connectivity index (χ1n) is 7.46. The van der Waals surface area contributed by atoms with Crippen molar-refractivity contribution in [1.29, 1.82) is 0 Å². The van der Waals surface area contributed by atoms with Crippen LogP contribution >= 0.6 is 0 Å². The second kappa shape index (κ2) is 5.79. The molecular formula is C15H23N5. The number of aromatic nitrogens is 4. The number of nitrogens with zero attached hydrogens (tertiary/aromatic N) is 4. The Labute approximate surface area is 120 Å². The molecule has 1 unspecified atom stereocenters. The predicted octanol–water partition coefficient (Wildman–Crippen LogP) is 2.28. The lowest BCUT2D eigenvalue weighted by Gasteiger charge is -2.35. The molecule has 1 fully saturated rings. The zero-order valence-corrected chi connectivity index (χ0v) is 12.3. The first-order chi connectivity index (χ1) is 9.72. The molecule has 2 aromatic rings. The van der Waals surface area contributed by atoms with Crippen LogP contribution in [0, 0.1) is 13.8 Å². The zero-order chi connectivity index (χ0) is 13.9. The van der Waals surface area contributed by atoms with E-state index in [0.29, 0.717) is 6.04 Å². The van der Waals surface area contributed by atoms with E-state index in [4.69, 9.17) is 0 Å². The highest BCUT2D eigenvalue weighted by Gasteiger charge is 2.23. The topological polar surface area (TPSA) is 49.7 Å². The van der Waals surface area contributed by atoms with E-state index < -0.39 is 0 Å². The highest BCUT2D eigenvalue weighted by atomic mass is 15.4. The van der Waals surface area contributed by atoms with Gasteiger partial charge in [0.05, 0.1) is 6.54 Å². The summed E-state index contributed by atoms with van der Waals surface area (Å²) in [6.07, 6.45) is 7.97. The van der Waals surface area contributed by atoms with Crippen LogP contribution in [0.25, 0.3) is 0 Å². The fourth-order valence-corrected chi connectivity index (χ4v) is 3.10. The number of aromatic amines is 1. The lowest BCUT2D eigenvalue weighted by molar-refractivity contribution is 0.121. The van der Waals surface area contributed by atoms with Crippen LogP contribution in [0.5, 0.6) is 0 Å². The summed E-state index contributed by atoms with van der Waals surface area (Å²) >= 11 is 0. The van der Waals surface area contributed by atoms with E-state index in [2.05, 4.69) is 36.9 Å². The Bertz CT molecular complexity index is 543. The molecule has 20 heavy (non-hydrogen) atoms. The third-order valence-corrected chi connectivity index (χ3v) is 4.14. The molecule has 5 nitrogen and oxygen atoms in total. The fraction of sp³-hybridized carbons (Fsp3) is 0.600. The summed E-state index contributed by atoms with van der Waals surface area (Å²) in [5, 5.41) is 4.51. The number of H-pyrrole nitrogens is 1. The molecule has 0 radical (unpaired) electrons. The summed E-state index contributed by atoms with van der Waals surface area (Å²) in [6.45, 7) is 7.17. The summed E-state index contributed by atoms with van der Waals surface area (Å²) in [5.41, 5.74) is 1.36.